The Kier molecular flexibility index (Phi) is 81.2. The molecule has 0 rings (SSSR count). The Morgan fingerprint density at radius 1 is 0.929 bits per heavy atom. The van der Waals surface area contributed by atoms with Gasteiger partial charge in [-0.3, -0.25) is 20.4 Å². The van der Waals surface area contributed by atoms with Gasteiger partial charge in [0.05, 0.1) is 0 Å². The molecule has 0 unspecified atom stereocenters. The van der Waals surface area contributed by atoms with Crippen LogP contribution in [0.3, 0.4) is 0 Å². The van der Waals surface area contributed by atoms with Crippen molar-refractivity contribution in [1.82, 2.24) is 4.90 Å². The molecule has 0 aliphatic carbocycles. The van der Waals surface area contributed by atoms with Crippen molar-refractivity contribution < 1.29 is 33.9 Å². The van der Waals surface area contributed by atoms with E-state index in [4.69, 9.17) is 14.4 Å². The van der Waals surface area contributed by atoms with E-state index in [9.17, 15) is 0 Å². The Hall–Kier alpha value is -0.407. The van der Waals surface area contributed by atoms with Crippen molar-refractivity contribution in [2.45, 2.75) is 13.8 Å². The first-order valence-electron chi connectivity index (χ1n) is 3.27. The van der Waals surface area contributed by atoms with Crippen LogP contribution in [0.1, 0.15) is 13.8 Å². The summed E-state index contributed by atoms with van der Waals surface area (Å²) in [5, 5.41) is 0. The molecule has 0 bridgehead atoms. The molecule has 0 aliphatic rings. The van der Waals surface area contributed by atoms with E-state index >= 15 is 0 Å². The molecule has 0 spiro atoms. The first-order chi connectivity index (χ1) is 6.13. The van der Waals surface area contributed by atoms with Crippen molar-refractivity contribution in [2.75, 3.05) is 20.6 Å². The molecular weight excluding hydrogens is 271 g/mol. The molecule has 0 N–H and O–H groups in total. The minimum atomic E-state index is 0. The summed E-state index contributed by atoms with van der Waals surface area (Å²) in [6.07, 6.45) is 0. The summed E-state index contributed by atoms with van der Waals surface area (Å²) in [5.74, 6) is 1.46. The van der Waals surface area contributed by atoms with Crippen molar-refractivity contribution in [3.63, 3.8) is 0 Å². The normalized spacial score (nSPS) is 6.43. The van der Waals surface area contributed by atoms with E-state index < -0.39 is 0 Å². The van der Waals surface area contributed by atoms with E-state index in [0.717, 1.165) is 6.54 Å². The second kappa shape index (κ2) is 38.9. The third-order valence-electron chi connectivity index (χ3n) is 0.632. The van der Waals surface area contributed by atoms with Crippen molar-refractivity contribution >= 4 is 20.4 Å². The van der Waals surface area contributed by atoms with Gasteiger partial charge in [0.1, 0.15) is 0 Å². The zero-order valence-electron chi connectivity index (χ0n) is 8.96. The monoisotopic (exact) mass is 289 g/mol. The molecule has 0 heterocycles. The predicted molar refractivity (Wildman–Crippen MR) is 53.4 cm³/mol. The molecular formula is C9H17NO3Ru. The Balaban J connectivity index is -0.0000000332. The molecule has 14 heavy (non-hydrogen) atoms. The maximum Gasteiger partial charge on any atom is 4.00 e. The molecule has 0 saturated carbocycles. The van der Waals surface area contributed by atoms with Crippen LogP contribution in [0.25, 0.3) is 0 Å². The van der Waals surface area contributed by atoms with Crippen LogP contribution in [-0.4, -0.2) is 45.9 Å². The number of hydrogen-bond acceptors (Lipinski definition) is 4. The van der Waals surface area contributed by atoms with Gasteiger partial charge in [-0.2, -0.15) is 13.8 Å². The number of hydrogen-bond donors (Lipinski definition) is 0. The molecule has 0 atom stereocenters. The SMILES string of the molecule is C[C-](C)CN(C)C.[CH-]=O.[CH-]=O.[CH-]=O.[Ru+4]. The predicted octanol–water partition coefficient (Wildman–Crippen LogP) is 0.337. The molecule has 0 aliphatic heterocycles. The van der Waals surface area contributed by atoms with E-state index in [2.05, 4.69) is 53.2 Å². The van der Waals surface area contributed by atoms with Gasteiger partial charge in [-0.15, -0.1) is 6.54 Å². The molecule has 0 saturated heterocycles. The fourth-order valence-electron chi connectivity index (χ4n) is 0.632. The summed E-state index contributed by atoms with van der Waals surface area (Å²) < 4.78 is 0. The van der Waals surface area contributed by atoms with Crippen molar-refractivity contribution in [3.05, 3.63) is 5.92 Å². The zero-order valence-corrected chi connectivity index (χ0v) is 10.7. The summed E-state index contributed by atoms with van der Waals surface area (Å²) in [7, 11) is 4.15. The number of nitrogens with zero attached hydrogens (tertiary/aromatic N) is 1. The molecule has 5 heteroatoms. The molecule has 0 aromatic carbocycles. The topological polar surface area (TPSA) is 54.5 Å². The number of rotatable bonds is 2. The van der Waals surface area contributed by atoms with Gasteiger partial charge in [0.15, 0.2) is 0 Å². The summed E-state index contributed by atoms with van der Waals surface area (Å²) >= 11 is 0. The van der Waals surface area contributed by atoms with Crippen molar-refractivity contribution in [2.24, 2.45) is 0 Å². The maximum atomic E-state index is 7.75. The van der Waals surface area contributed by atoms with Gasteiger partial charge in [-0.1, -0.05) is 0 Å². The van der Waals surface area contributed by atoms with E-state index in [1.54, 1.807) is 0 Å². The fourth-order valence-corrected chi connectivity index (χ4v) is 0.632. The fraction of sp³-hybridized carbons (Fsp3) is 0.556. The second-order valence-corrected chi connectivity index (χ2v) is 2.44. The van der Waals surface area contributed by atoms with Crippen molar-refractivity contribution in [3.8, 4) is 0 Å². The summed E-state index contributed by atoms with van der Waals surface area (Å²) in [5.41, 5.74) is 0. The van der Waals surface area contributed by atoms with E-state index in [1.807, 2.05) is 0 Å². The van der Waals surface area contributed by atoms with Crippen LogP contribution in [0.4, 0.5) is 0 Å². The smallest absolute Gasteiger partial charge is 0.545 e. The Labute approximate surface area is 99.8 Å². The van der Waals surface area contributed by atoms with E-state index in [0.29, 0.717) is 0 Å². The van der Waals surface area contributed by atoms with Crippen LogP contribution >= 0.6 is 0 Å². The van der Waals surface area contributed by atoms with Crippen molar-refractivity contribution in [1.29, 1.82) is 0 Å². The van der Waals surface area contributed by atoms with E-state index in [-0.39, 0.29) is 19.5 Å². The minimum absolute atomic E-state index is 0. The molecule has 4 nitrogen and oxygen atoms in total. The largest absolute Gasteiger partial charge is 4.00 e. The number of carbonyl (C=O) groups excluding carboxylic acids is 3. The molecule has 0 aromatic heterocycles. The standard InChI is InChI=1S/C6H14N.3CHO.Ru/c1-6(2)5-7(3)4;3*1-2;/h5H2,1-4H3;3*1H;/q4*-1;+4. The van der Waals surface area contributed by atoms with Crippen LogP contribution in [0.15, 0.2) is 0 Å². The maximum absolute atomic E-state index is 7.75. The molecule has 0 aromatic rings. The average Bonchev–Trinajstić information content (AvgIpc) is 2.12. The third kappa shape index (κ3) is 101. The van der Waals surface area contributed by atoms with Crippen LogP contribution in [0.5, 0.6) is 0 Å². The molecule has 0 radical (unpaired) electrons. The van der Waals surface area contributed by atoms with Gasteiger partial charge >= 0.3 is 19.5 Å². The average molecular weight is 288 g/mol. The van der Waals surface area contributed by atoms with Crippen LogP contribution in [0.2, 0.25) is 0 Å². The minimum Gasteiger partial charge on any atom is -0.545 e. The summed E-state index contributed by atoms with van der Waals surface area (Å²) in [6, 6.07) is 0. The summed E-state index contributed by atoms with van der Waals surface area (Å²) in [4.78, 5) is 25.4. The van der Waals surface area contributed by atoms with Gasteiger partial charge in [-0.25, -0.2) is 0 Å². The molecule has 0 amide bonds. The Morgan fingerprint density at radius 3 is 1.14 bits per heavy atom. The quantitative estimate of drug-likeness (QED) is 0.418. The Bertz CT molecular complexity index is 71.7. The van der Waals surface area contributed by atoms with E-state index in [1.165, 1.54) is 5.92 Å². The second-order valence-electron chi connectivity index (χ2n) is 2.44. The van der Waals surface area contributed by atoms with Gasteiger partial charge in [0, 0.05) is 0 Å². The van der Waals surface area contributed by atoms with Gasteiger partial charge < -0.3 is 25.2 Å². The summed E-state index contributed by atoms with van der Waals surface area (Å²) in [6.45, 7) is 15.1. The molecule has 0 fully saturated rings. The van der Waals surface area contributed by atoms with Gasteiger partial charge in [0.2, 0.25) is 0 Å². The molecule has 84 valence electrons. The first kappa shape index (κ1) is 29.2. The van der Waals surface area contributed by atoms with Gasteiger partial charge in [-0.05, 0) is 14.1 Å². The third-order valence-corrected chi connectivity index (χ3v) is 0.632. The Morgan fingerprint density at radius 2 is 1.14 bits per heavy atom. The first-order valence-corrected chi connectivity index (χ1v) is 3.27. The van der Waals surface area contributed by atoms with Crippen LogP contribution in [0, 0.1) is 5.92 Å². The van der Waals surface area contributed by atoms with Gasteiger partial charge in [0.25, 0.3) is 0 Å². The van der Waals surface area contributed by atoms with Crippen LogP contribution in [-0.2, 0) is 33.9 Å². The van der Waals surface area contributed by atoms with Crippen LogP contribution < -0.4 is 0 Å². The zero-order chi connectivity index (χ0) is 11.9.